The third-order valence-electron chi connectivity index (χ3n) is 4.43. The molecule has 0 aliphatic rings. The lowest BCUT2D eigenvalue weighted by atomic mass is 10.1. The van der Waals surface area contributed by atoms with E-state index in [1.165, 1.54) is 30.3 Å². The van der Waals surface area contributed by atoms with Gasteiger partial charge in [0.15, 0.2) is 5.52 Å². The number of benzene rings is 2. The molecule has 0 N–H and O–H groups in total. The van der Waals surface area contributed by atoms with Gasteiger partial charge in [-0.3, -0.25) is 0 Å². The Morgan fingerprint density at radius 1 is 1.00 bits per heavy atom. The van der Waals surface area contributed by atoms with Crippen molar-refractivity contribution in [2.75, 3.05) is 6.61 Å². The van der Waals surface area contributed by atoms with Gasteiger partial charge in [-0.25, -0.2) is 9.37 Å². The molecule has 4 aromatic rings. The summed E-state index contributed by atoms with van der Waals surface area (Å²) in [5.74, 6) is 0.244. The third-order valence-corrected chi connectivity index (χ3v) is 4.43. The van der Waals surface area contributed by atoms with Crippen LogP contribution in [-0.2, 0) is 12.6 Å². The molecule has 4 rings (SSSR count). The van der Waals surface area contributed by atoms with Gasteiger partial charge in [-0.15, -0.1) is 0 Å². The van der Waals surface area contributed by atoms with Crippen LogP contribution >= 0.6 is 0 Å². The predicted molar refractivity (Wildman–Crippen MR) is 105 cm³/mol. The van der Waals surface area contributed by atoms with E-state index < -0.39 is 17.6 Å². The van der Waals surface area contributed by atoms with Crippen LogP contribution in [0.15, 0.2) is 52.9 Å². The molecule has 0 fully saturated rings. The Balaban J connectivity index is 1.70. The van der Waals surface area contributed by atoms with Crippen molar-refractivity contribution in [3.05, 3.63) is 71.3 Å². The summed E-state index contributed by atoms with van der Waals surface area (Å²) < 4.78 is 63.3. The Morgan fingerprint density at radius 2 is 1.77 bits per heavy atom. The molecule has 0 saturated heterocycles. The van der Waals surface area contributed by atoms with Crippen molar-refractivity contribution in [2.45, 2.75) is 25.9 Å². The first-order valence-corrected chi connectivity index (χ1v) is 9.56. The van der Waals surface area contributed by atoms with Crippen LogP contribution in [0.1, 0.15) is 30.3 Å². The average molecular weight is 431 g/mol. The number of rotatable bonds is 6. The summed E-state index contributed by atoms with van der Waals surface area (Å²) in [6.45, 7) is 2.32. The lowest BCUT2D eigenvalue weighted by Crippen LogP contribution is -2.05. The van der Waals surface area contributed by atoms with Crippen LogP contribution in [0.5, 0.6) is 5.88 Å². The normalized spacial score (nSPS) is 11.8. The summed E-state index contributed by atoms with van der Waals surface area (Å²) in [7, 11) is 0. The van der Waals surface area contributed by atoms with Crippen LogP contribution in [0.25, 0.3) is 22.7 Å². The fourth-order valence-electron chi connectivity index (χ4n) is 2.96. The first-order chi connectivity index (χ1) is 14.8. The topological polar surface area (TPSA) is 61.0 Å². The molecule has 0 aliphatic heterocycles. The highest BCUT2D eigenvalue weighted by molar-refractivity contribution is 5.77. The highest BCUT2D eigenvalue weighted by atomic mass is 19.4. The van der Waals surface area contributed by atoms with Gasteiger partial charge in [0, 0.05) is 12.0 Å². The second kappa shape index (κ2) is 8.33. The lowest BCUT2D eigenvalue weighted by Gasteiger charge is -2.08. The summed E-state index contributed by atoms with van der Waals surface area (Å²) in [4.78, 5) is 13.1. The van der Waals surface area contributed by atoms with Crippen molar-refractivity contribution >= 4 is 11.2 Å². The molecule has 2 aromatic carbocycles. The van der Waals surface area contributed by atoms with Gasteiger partial charge in [-0.1, -0.05) is 25.1 Å². The van der Waals surface area contributed by atoms with Crippen LogP contribution in [0.4, 0.5) is 17.6 Å². The van der Waals surface area contributed by atoms with Gasteiger partial charge in [-0.05, 0) is 42.3 Å². The van der Waals surface area contributed by atoms with E-state index in [2.05, 4.69) is 15.0 Å². The summed E-state index contributed by atoms with van der Waals surface area (Å²) in [5.41, 5.74) is 0.753. The first-order valence-electron chi connectivity index (χ1n) is 9.56. The Morgan fingerprint density at radius 3 is 2.45 bits per heavy atom. The number of nitrogens with zero attached hydrogens (tertiary/aromatic N) is 3. The molecule has 0 unspecified atom stereocenters. The highest BCUT2D eigenvalue weighted by Crippen LogP contribution is 2.31. The van der Waals surface area contributed by atoms with E-state index in [-0.39, 0.29) is 23.9 Å². The smallest absolute Gasteiger partial charge is 0.416 e. The van der Waals surface area contributed by atoms with Crippen LogP contribution in [-0.4, -0.2) is 21.6 Å². The fourth-order valence-corrected chi connectivity index (χ4v) is 2.96. The zero-order chi connectivity index (χ0) is 22.0. The maximum Gasteiger partial charge on any atom is 0.416 e. The van der Waals surface area contributed by atoms with Gasteiger partial charge >= 0.3 is 6.18 Å². The molecule has 2 heterocycles. The largest absolute Gasteiger partial charge is 0.476 e. The summed E-state index contributed by atoms with van der Waals surface area (Å²) in [6.07, 6.45) is -3.50. The van der Waals surface area contributed by atoms with E-state index >= 15 is 0 Å². The molecule has 2 aromatic heterocycles. The average Bonchev–Trinajstić information content (AvgIpc) is 3.16. The van der Waals surface area contributed by atoms with Crippen molar-refractivity contribution in [2.24, 2.45) is 0 Å². The van der Waals surface area contributed by atoms with Gasteiger partial charge in [0.05, 0.1) is 12.2 Å². The Kier molecular flexibility index (Phi) is 5.58. The lowest BCUT2D eigenvalue weighted by molar-refractivity contribution is -0.137. The van der Waals surface area contributed by atoms with Gasteiger partial charge < -0.3 is 9.15 Å². The number of aromatic nitrogens is 3. The second-order valence-corrected chi connectivity index (χ2v) is 6.85. The minimum atomic E-state index is -4.40. The Labute approximate surface area is 174 Å². The minimum Gasteiger partial charge on any atom is -0.476 e. The van der Waals surface area contributed by atoms with Crippen LogP contribution in [0.3, 0.4) is 0 Å². The molecule has 0 bridgehead atoms. The maximum atomic E-state index is 13.6. The van der Waals surface area contributed by atoms with Crippen molar-refractivity contribution in [3.8, 4) is 17.3 Å². The summed E-state index contributed by atoms with van der Waals surface area (Å²) in [5, 5.41) is 0. The van der Waals surface area contributed by atoms with Crippen molar-refractivity contribution in [1.82, 2.24) is 15.0 Å². The van der Waals surface area contributed by atoms with Crippen LogP contribution in [0.2, 0.25) is 0 Å². The van der Waals surface area contributed by atoms with Crippen LogP contribution in [0, 0.1) is 5.82 Å². The molecule has 0 amide bonds. The van der Waals surface area contributed by atoms with E-state index in [1.54, 1.807) is 6.07 Å². The quantitative estimate of drug-likeness (QED) is 0.360. The number of halogens is 4. The molecule has 160 valence electrons. The van der Waals surface area contributed by atoms with Gasteiger partial charge in [0.25, 0.3) is 5.71 Å². The zero-order valence-corrected chi connectivity index (χ0v) is 16.4. The zero-order valence-electron chi connectivity index (χ0n) is 16.4. The number of fused-ring (bicyclic) bond motifs is 1. The molecule has 0 atom stereocenters. The minimum absolute atomic E-state index is 0.155. The second-order valence-electron chi connectivity index (χ2n) is 6.85. The fraction of sp³-hybridized carbons (Fsp3) is 0.227. The van der Waals surface area contributed by atoms with Gasteiger partial charge in [-0.2, -0.15) is 23.1 Å². The van der Waals surface area contributed by atoms with E-state index in [0.29, 0.717) is 29.1 Å². The molecule has 0 saturated carbocycles. The number of ether oxygens (including phenoxy) is 1. The molecule has 5 nitrogen and oxygen atoms in total. The summed E-state index contributed by atoms with van der Waals surface area (Å²) in [6, 6.07) is 10.6. The molecule has 0 spiro atoms. The highest BCUT2D eigenvalue weighted by Gasteiger charge is 2.30. The van der Waals surface area contributed by atoms with Crippen molar-refractivity contribution in [3.63, 3.8) is 0 Å². The van der Waals surface area contributed by atoms with Crippen molar-refractivity contribution < 1.29 is 26.7 Å². The number of oxazole rings is 1. The molecule has 0 aliphatic carbocycles. The van der Waals surface area contributed by atoms with Gasteiger partial charge in [0.2, 0.25) is 11.8 Å². The van der Waals surface area contributed by atoms with E-state index in [4.69, 9.17) is 9.15 Å². The summed E-state index contributed by atoms with van der Waals surface area (Å²) >= 11 is 0. The molecular weight excluding hydrogens is 414 g/mol. The van der Waals surface area contributed by atoms with Crippen molar-refractivity contribution in [1.29, 1.82) is 0 Å². The molecular formula is C22H17F4N3O2. The predicted octanol–water partition coefficient (Wildman–Crippen LogP) is 5.82. The van der Waals surface area contributed by atoms with Crippen LogP contribution < -0.4 is 4.74 Å². The van der Waals surface area contributed by atoms with E-state index in [9.17, 15) is 17.6 Å². The number of alkyl halides is 3. The number of hydrogen-bond donors (Lipinski definition) is 0. The van der Waals surface area contributed by atoms with E-state index in [0.717, 1.165) is 18.6 Å². The molecule has 31 heavy (non-hydrogen) atoms. The first kappa shape index (κ1) is 20.8. The van der Waals surface area contributed by atoms with E-state index in [1.807, 2.05) is 6.92 Å². The van der Waals surface area contributed by atoms with Gasteiger partial charge in [0.1, 0.15) is 11.6 Å². The third kappa shape index (κ3) is 4.65. The molecule has 9 heteroatoms. The monoisotopic (exact) mass is 431 g/mol. The SMILES string of the molecule is CCCOc1nc(Cc2ccc(C(F)(F)F)cc2)nc2oc(-c3cccc(F)c3)nc12. The number of hydrogen-bond acceptors (Lipinski definition) is 5. The Hall–Kier alpha value is -3.49. The standard InChI is InChI=1S/C22H17F4N3O2/c1-2-10-30-20-18-21(31-19(29-18)14-4-3-5-16(23)12-14)28-17(27-20)11-13-6-8-15(9-7-13)22(24,25)26/h3-9,12H,2,10-11H2,1H3. The Bertz CT molecular complexity index is 1200. The molecule has 0 radical (unpaired) electrons. The maximum absolute atomic E-state index is 13.6.